The molecule has 0 fully saturated rings. The van der Waals surface area contributed by atoms with Crippen LogP contribution in [0, 0.1) is 0 Å². The van der Waals surface area contributed by atoms with E-state index >= 15 is 0 Å². The second-order valence-corrected chi connectivity index (χ2v) is 10.6. The van der Waals surface area contributed by atoms with Crippen molar-refractivity contribution in [1.82, 2.24) is 0 Å². The van der Waals surface area contributed by atoms with Gasteiger partial charge in [-0.3, -0.25) is 9.10 Å². The molecule has 1 amide bonds. The number of rotatable bonds is 8. The second-order valence-electron chi connectivity index (χ2n) is 8.30. The van der Waals surface area contributed by atoms with Crippen LogP contribution in [0.3, 0.4) is 0 Å². The van der Waals surface area contributed by atoms with Crippen molar-refractivity contribution in [3.8, 4) is 17.2 Å². The number of halogens is 1. The Morgan fingerprint density at radius 3 is 2.43 bits per heavy atom. The molecular formula is C28H23ClN2O5S. The summed E-state index contributed by atoms with van der Waals surface area (Å²) >= 11 is 6.34. The fourth-order valence-corrected chi connectivity index (χ4v) is 5.88. The Hall–Kier alpha value is -4.01. The van der Waals surface area contributed by atoms with Crippen molar-refractivity contribution >= 4 is 38.9 Å². The number of hydrogen-bond donors (Lipinski definition) is 1. The van der Waals surface area contributed by atoms with Gasteiger partial charge < -0.3 is 14.8 Å². The van der Waals surface area contributed by atoms with Crippen molar-refractivity contribution in [2.75, 3.05) is 22.8 Å². The monoisotopic (exact) mass is 534 g/mol. The molecule has 0 aromatic heterocycles. The lowest BCUT2D eigenvalue weighted by molar-refractivity contribution is -0.118. The summed E-state index contributed by atoms with van der Waals surface area (Å²) in [6.07, 6.45) is 0.652. The van der Waals surface area contributed by atoms with Crippen LogP contribution in [0.5, 0.6) is 17.2 Å². The van der Waals surface area contributed by atoms with E-state index in [0.29, 0.717) is 35.8 Å². The number of nitrogens with one attached hydrogen (secondary N) is 1. The molecule has 0 unspecified atom stereocenters. The van der Waals surface area contributed by atoms with E-state index in [1.54, 1.807) is 30.3 Å². The average molecular weight is 535 g/mol. The zero-order valence-corrected chi connectivity index (χ0v) is 21.2. The Morgan fingerprint density at radius 2 is 1.62 bits per heavy atom. The van der Waals surface area contributed by atoms with Crippen molar-refractivity contribution in [1.29, 1.82) is 0 Å². The molecule has 1 aliphatic rings. The van der Waals surface area contributed by atoms with Crippen LogP contribution in [0.2, 0.25) is 5.02 Å². The molecule has 0 saturated carbocycles. The van der Waals surface area contributed by atoms with E-state index < -0.39 is 15.9 Å². The van der Waals surface area contributed by atoms with E-state index in [4.69, 9.17) is 21.1 Å². The molecule has 0 radical (unpaired) electrons. The third kappa shape index (κ3) is 5.40. The molecule has 4 aromatic rings. The summed E-state index contributed by atoms with van der Waals surface area (Å²) in [5, 5.41) is 2.86. The smallest absolute Gasteiger partial charge is 0.264 e. The molecule has 1 heterocycles. The maximum absolute atomic E-state index is 13.2. The summed E-state index contributed by atoms with van der Waals surface area (Å²) in [5.74, 6) is 0.898. The number of nitrogens with zero attached hydrogens (tertiary/aromatic N) is 1. The predicted molar refractivity (Wildman–Crippen MR) is 143 cm³/mol. The quantitative estimate of drug-likeness (QED) is 0.304. The first-order valence-electron chi connectivity index (χ1n) is 11.6. The molecule has 0 aliphatic carbocycles. The number of carbonyl (C=O) groups excluding carboxylic acids is 1. The third-order valence-corrected chi connectivity index (χ3v) is 7.93. The molecule has 5 rings (SSSR count). The average Bonchev–Trinajstić information content (AvgIpc) is 3.35. The molecule has 4 aromatic carbocycles. The van der Waals surface area contributed by atoms with Gasteiger partial charge in [-0.1, -0.05) is 60.1 Å². The van der Waals surface area contributed by atoms with E-state index in [-0.39, 0.29) is 22.3 Å². The van der Waals surface area contributed by atoms with Gasteiger partial charge in [0.15, 0.2) is 12.4 Å². The topological polar surface area (TPSA) is 84.9 Å². The van der Waals surface area contributed by atoms with Crippen LogP contribution < -0.4 is 19.1 Å². The molecule has 0 bridgehead atoms. The molecule has 1 aliphatic heterocycles. The van der Waals surface area contributed by atoms with Gasteiger partial charge in [-0.25, -0.2) is 8.42 Å². The minimum atomic E-state index is -3.79. The molecule has 37 heavy (non-hydrogen) atoms. The van der Waals surface area contributed by atoms with Crippen molar-refractivity contribution in [3.05, 3.63) is 108 Å². The maximum Gasteiger partial charge on any atom is 0.264 e. The first-order valence-corrected chi connectivity index (χ1v) is 13.4. The van der Waals surface area contributed by atoms with Crippen molar-refractivity contribution in [2.24, 2.45) is 0 Å². The highest BCUT2D eigenvalue weighted by atomic mass is 35.5. The van der Waals surface area contributed by atoms with Crippen LogP contribution in [0.4, 0.5) is 11.4 Å². The minimum Gasteiger partial charge on any atom is -0.482 e. The molecule has 1 N–H and O–H groups in total. The lowest BCUT2D eigenvalue weighted by atomic mass is 10.2. The zero-order valence-electron chi connectivity index (χ0n) is 19.6. The summed E-state index contributed by atoms with van der Waals surface area (Å²) in [5.41, 5.74) is 2.14. The van der Waals surface area contributed by atoms with E-state index in [9.17, 15) is 13.2 Å². The van der Waals surface area contributed by atoms with E-state index in [1.165, 1.54) is 22.5 Å². The standard InChI is InChI=1S/C28H23ClN2O5S/c29-23-18-22(37(33,34)31-17-16-20-8-4-6-12-25(20)31)14-15-26(23)35-19-28(32)30-24-11-5-7-13-27(24)36-21-9-2-1-3-10-21/h1-15,18H,16-17,19H2,(H,30,32). The van der Waals surface area contributed by atoms with Gasteiger partial charge in [-0.05, 0) is 60.5 Å². The molecule has 0 spiro atoms. The highest BCUT2D eigenvalue weighted by Gasteiger charge is 2.31. The van der Waals surface area contributed by atoms with E-state index in [1.807, 2.05) is 48.5 Å². The summed E-state index contributed by atoms with van der Waals surface area (Å²) in [6, 6.07) is 27.9. The molecule has 0 atom stereocenters. The van der Waals surface area contributed by atoms with Crippen molar-refractivity contribution < 1.29 is 22.7 Å². The van der Waals surface area contributed by atoms with Crippen LogP contribution >= 0.6 is 11.6 Å². The number of benzene rings is 4. The Bertz CT molecular complexity index is 1540. The Labute approximate surface area is 220 Å². The number of sulfonamides is 1. The van der Waals surface area contributed by atoms with Crippen LogP contribution in [-0.2, 0) is 21.2 Å². The number of carbonyl (C=O) groups is 1. The van der Waals surface area contributed by atoms with Crippen LogP contribution in [-0.4, -0.2) is 27.5 Å². The summed E-state index contributed by atoms with van der Waals surface area (Å²) in [4.78, 5) is 12.6. The predicted octanol–water partition coefficient (Wildman–Crippen LogP) is 5.90. The van der Waals surface area contributed by atoms with Crippen molar-refractivity contribution in [3.63, 3.8) is 0 Å². The van der Waals surface area contributed by atoms with Gasteiger partial charge in [0.2, 0.25) is 0 Å². The van der Waals surface area contributed by atoms with Crippen LogP contribution in [0.15, 0.2) is 102 Å². The number of anilines is 2. The summed E-state index contributed by atoms with van der Waals surface area (Å²) < 4.78 is 39.3. The summed E-state index contributed by atoms with van der Waals surface area (Å²) in [7, 11) is -3.79. The van der Waals surface area contributed by atoms with Gasteiger partial charge in [0.05, 0.1) is 21.3 Å². The third-order valence-electron chi connectivity index (χ3n) is 5.83. The first-order chi connectivity index (χ1) is 17.9. The van der Waals surface area contributed by atoms with Crippen LogP contribution in [0.1, 0.15) is 5.56 Å². The summed E-state index contributed by atoms with van der Waals surface area (Å²) in [6.45, 7) is 0.0399. The highest BCUT2D eigenvalue weighted by Crippen LogP contribution is 2.35. The first kappa shape index (κ1) is 24.7. The Balaban J connectivity index is 1.24. The number of para-hydroxylation sites is 4. The lowest BCUT2D eigenvalue weighted by Gasteiger charge is -2.20. The Kier molecular flexibility index (Phi) is 7.03. The maximum atomic E-state index is 13.2. The number of amides is 1. The molecule has 7 nitrogen and oxygen atoms in total. The van der Waals surface area contributed by atoms with Gasteiger partial charge in [-0.15, -0.1) is 0 Å². The van der Waals surface area contributed by atoms with E-state index in [2.05, 4.69) is 5.32 Å². The molecule has 9 heteroatoms. The SMILES string of the molecule is O=C(COc1ccc(S(=O)(=O)N2CCc3ccccc32)cc1Cl)Nc1ccccc1Oc1ccccc1. The Morgan fingerprint density at radius 1 is 0.892 bits per heavy atom. The van der Waals surface area contributed by atoms with Gasteiger partial charge in [0.25, 0.3) is 15.9 Å². The lowest BCUT2D eigenvalue weighted by Crippen LogP contribution is -2.29. The van der Waals surface area contributed by atoms with Crippen LogP contribution in [0.25, 0.3) is 0 Å². The number of hydrogen-bond acceptors (Lipinski definition) is 5. The minimum absolute atomic E-state index is 0.0537. The van der Waals surface area contributed by atoms with Gasteiger partial charge in [-0.2, -0.15) is 0 Å². The van der Waals surface area contributed by atoms with Gasteiger partial charge in [0, 0.05) is 6.54 Å². The zero-order chi connectivity index (χ0) is 25.8. The number of fused-ring (bicyclic) bond motifs is 1. The van der Waals surface area contributed by atoms with E-state index in [0.717, 1.165) is 5.56 Å². The van der Waals surface area contributed by atoms with Gasteiger partial charge in [0.1, 0.15) is 11.5 Å². The fourth-order valence-electron chi connectivity index (χ4n) is 4.05. The number of ether oxygens (including phenoxy) is 2. The fraction of sp³-hybridized carbons (Fsp3) is 0.107. The highest BCUT2D eigenvalue weighted by molar-refractivity contribution is 7.92. The largest absolute Gasteiger partial charge is 0.482 e. The van der Waals surface area contributed by atoms with Crippen molar-refractivity contribution in [2.45, 2.75) is 11.3 Å². The second kappa shape index (κ2) is 10.5. The molecule has 188 valence electrons. The molecule has 0 saturated heterocycles. The normalized spacial score (nSPS) is 12.6. The van der Waals surface area contributed by atoms with Gasteiger partial charge >= 0.3 is 0 Å². The molecular weight excluding hydrogens is 512 g/mol.